The molecule has 0 aromatic rings. The molecule has 0 radical (unpaired) electrons. The zero-order chi connectivity index (χ0) is 14.5. The zero-order valence-electron chi connectivity index (χ0n) is 14.3. The highest BCUT2D eigenvalue weighted by Gasteiger charge is 2.28. The fraction of sp³-hybridized carbons (Fsp3) is 1.00. The van der Waals surface area contributed by atoms with Crippen molar-refractivity contribution in [2.45, 2.75) is 53.4 Å². The Hall–Kier alpha value is -0.0800. The maximum Gasteiger partial charge on any atom is 0.00132 e. The largest absolute Gasteiger partial charge is 0.303 e. The molecular weight excluding hydrogens is 244 g/mol. The van der Waals surface area contributed by atoms with Crippen LogP contribution in [0.25, 0.3) is 0 Å². The Bertz CT molecular complexity index is 269. The Morgan fingerprint density at radius 2 is 1.65 bits per heavy atom. The molecule has 20 heavy (non-hydrogen) atoms. The molecule has 2 unspecified atom stereocenters. The van der Waals surface area contributed by atoms with Crippen molar-refractivity contribution >= 4 is 0 Å². The van der Waals surface area contributed by atoms with Gasteiger partial charge >= 0.3 is 0 Å². The number of hydrogen-bond acceptors (Lipinski definition) is 2. The SMILES string of the molecule is CCC1CCN(CC2CCN(CC(C)C)CC2C)CC1. The lowest BCUT2D eigenvalue weighted by atomic mass is 9.85. The third kappa shape index (κ3) is 4.73. The average molecular weight is 281 g/mol. The standard InChI is InChI=1S/C18H36N2/c1-5-17-6-9-19(10-7-17)14-18-8-11-20(12-15(2)3)13-16(18)4/h15-18H,5-14H2,1-4H3. The van der Waals surface area contributed by atoms with Crippen LogP contribution in [0.5, 0.6) is 0 Å². The molecule has 2 fully saturated rings. The van der Waals surface area contributed by atoms with Crippen molar-refractivity contribution in [2.24, 2.45) is 23.7 Å². The van der Waals surface area contributed by atoms with Crippen molar-refractivity contribution in [1.82, 2.24) is 9.80 Å². The van der Waals surface area contributed by atoms with Gasteiger partial charge in [0.15, 0.2) is 0 Å². The highest BCUT2D eigenvalue weighted by molar-refractivity contribution is 4.82. The minimum atomic E-state index is 0.812. The van der Waals surface area contributed by atoms with E-state index in [1.165, 1.54) is 65.0 Å². The maximum atomic E-state index is 2.76. The summed E-state index contributed by atoms with van der Waals surface area (Å²) in [6.45, 7) is 17.6. The topological polar surface area (TPSA) is 6.48 Å². The van der Waals surface area contributed by atoms with Crippen LogP contribution in [-0.2, 0) is 0 Å². The van der Waals surface area contributed by atoms with Crippen LogP contribution in [0.1, 0.15) is 53.4 Å². The molecule has 0 amide bonds. The molecule has 0 aromatic carbocycles. The van der Waals surface area contributed by atoms with Crippen LogP contribution in [0, 0.1) is 23.7 Å². The maximum absolute atomic E-state index is 2.76. The fourth-order valence-electron chi connectivity index (χ4n) is 4.14. The van der Waals surface area contributed by atoms with Crippen molar-refractivity contribution < 1.29 is 0 Å². The average Bonchev–Trinajstić information content (AvgIpc) is 2.42. The first-order valence-electron chi connectivity index (χ1n) is 9.03. The van der Waals surface area contributed by atoms with E-state index in [0.717, 1.165) is 23.7 Å². The predicted molar refractivity (Wildman–Crippen MR) is 88.0 cm³/mol. The monoisotopic (exact) mass is 280 g/mol. The second-order valence-corrected chi connectivity index (χ2v) is 7.83. The molecule has 0 N–H and O–H groups in total. The molecule has 2 heterocycles. The summed E-state index contributed by atoms with van der Waals surface area (Å²) < 4.78 is 0. The van der Waals surface area contributed by atoms with Gasteiger partial charge in [0.05, 0.1) is 0 Å². The highest BCUT2D eigenvalue weighted by Crippen LogP contribution is 2.27. The minimum absolute atomic E-state index is 0.812. The van der Waals surface area contributed by atoms with Crippen LogP contribution in [0.4, 0.5) is 0 Å². The second kappa shape index (κ2) is 7.79. The van der Waals surface area contributed by atoms with Crippen molar-refractivity contribution in [1.29, 1.82) is 0 Å². The van der Waals surface area contributed by atoms with E-state index in [0.29, 0.717) is 0 Å². The van der Waals surface area contributed by atoms with Gasteiger partial charge in [0.25, 0.3) is 0 Å². The molecule has 2 saturated heterocycles. The van der Waals surface area contributed by atoms with E-state index in [1.807, 2.05) is 0 Å². The van der Waals surface area contributed by atoms with Crippen molar-refractivity contribution in [3.63, 3.8) is 0 Å². The van der Waals surface area contributed by atoms with Crippen LogP contribution in [0.3, 0.4) is 0 Å². The first-order chi connectivity index (χ1) is 9.58. The Morgan fingerprint density at radius 1 is 1.00 bits per heavy atom. The van der Waals surface area contributed by atoms with Gasteiger partial charge in [-0.15, -0.1) is 0 Å². The smallest absolute Gasteiger partial charge is 0.00132 e. The van der Waals surface area contributed by atoms with E-state index < -0.39 is 0 Å². The third-order valence-electron chi connectivity index (χ3n) is 5.57. The molecule has 2 aliphatic rings. The van der Waals surface area contributed by atoms with Crippen LogP contribution in [-0.4, -0.2) is 49.1 Å². The van der Waals surface area contributed by atoms with Gasteiger partial charge in [-0.25, -0.2) is 0 Å². The van der Waals surface area contributed by atoms with E-state index >= 15 is 0 Å². The van der Waals surface area contributed by atoms with E-state index in [1.54, 1.807) is 0 Å². The summed E-state index contributed by atoms with van der Waals surface area (Å²) in [5.74, 6) is 3.64. The summed E-state index contributed by atoms with van der Waals surface area (Å²) in [5, 5.41) is 0. The quantitative estimate of drug-likeness (QED) is 0.757. The Labute approximate surface area is 126 Å². The number of likely N-dealkylation sites (tertiary alicyclic amines) is 2. The zero-order valence-corrected chi connectivity index (χ0v) is 14.3. The Kier molecular flexibility index (Phi) is 6.35. The van der Waals surface area contributed by atoms with E-state index in [2.05, 4.69) is 37.5 Å². The molecule has 0 spiro atoms. The lowest BCUT2D eigenvalue weighted by Crippen LogP contribution is -2.46. The van der Waals surface area contributed by atoms with Gasteiger partial charge in [-0.3, -0.25) is 0 Å². The van der Waals surface area contributed by atoms with E-state index in [9.17, 15) is 0 Å². The molecule has 0 saturated carbocycles. The third-order valence-corrected chi connectivity index (χ3v) is 5.57. The van der Waals surface area contributed by atoms with Gasteiger partial charge < -0.3 is 9.80 Å². The van der Waals surface area contributed by atoms with E-state index in [-0.39, 0.29) is 0 Å². The number of hydrogen-bond donors (Lipinski definition) is 0. The van der Waals surface area contributed by atoms with Crippen molar-refractivity contribution in [2.75, 3.05) is 39.3 Å². The summed E-state index contributed by atoms with van der Waals surface area (Å²) in [4.78, 5) is 5.45. The normalized spacial score (nSPS) is 31.1. The van der Waals surface area contributed by atoms with Crippen LogP contribution >= 0.6 is 0 Å². The lowest BCUT2D eigenvalue weighted by Gasteiger charge is -2.41. The summed E-state index contributed by atoms with van der Waals surface area (Å²) in [7, 11) is 0. The highest BCUT2D eigenvalue weighted by atomic mass is 15.2. The van der Waals surface area contributed by atoms with Gasteiger partial charge in [-0.2, -0.15) is 0 Å². The van der Waals surface area contributed by atoms with Gasteiger partial charge in [0, 0.05) is 19.6 Å². The molecule has 2 aliphatic heterocycles. The predicted octanol–water partition coefficient (Wildman–Crippen LogP) is 3.72. The molecule has 0 aliphatic carbocycles. The molecule has 2 heteroatoms. The summed E-state index contributed by atoms with van der Waals surface area (Å²) in [5.41, 5.74) is 0. The second-order valence-electron chi connectivity index (χ2n) is 7.83. The number of piperidine rings is 2. The first kappa shape index (κ1) is 16.3. The van der Waals surface area contributed by atoms with Gasteiger partial charge in [0.1, 0.15) is 0 Å². The van der Waals surface area contributed by atoms with Gasteiger partial charge in [0.2, 0.25) is 0 Å². The molecule has 0 aromatic heterocycles. The molecular formula is C18H36N2. The Morgan fingerprint density at radius 3 is 2.20 bits per heavy atom. The van der Waals surface area contributed by atoms with Crippen LogP contribution in [0.2, 0.25) is 0 Å². The molecule has 2 rings (SSSR count). The minimum Gasteiger partial charge on any atom is -0.303 e. The molecule has 2 nitrogen and oxygen atoms in total. The van der Waals surface area contributed by atoms with Crippen molar-refractivity contribution in [3.05, 3.63) is 0 Å². The Balaban J connectivity index is 1.72. The lowest BCUT2D eigenvalue weighted by molar-refractivity contribution is 0.0757. The molecule has 2 atom stereocenters. The first-order valence-corrected chi connectivity index (χ1v) is 9.03. The number of nitrogens with zero attached hydrogens (tertiary/aromatic N) is 2. The summed E-state index contributed by atoms with van der Waals surface area (Å²) >= 11 is 0. The summed E-state index contributed by atoms with van der Waals surface area (Å²) in [6.07, 6.45) is 5.69. The van der Waals surface area contributed by atoms with Crippen LogP contribution < -0.4 is 0 Å². The van der Waals surface area contributed by atoms with Gasteiger partial charge in [-0.05, 0) is 62.6 Å². The number of rotatable bonds is 5. The van der Waals surface area contributed by atoms with Gasteiger partial charge in [-0.1, -0.05) is 34.1 Å². The van der Waals surface area contributed by atoms with E-state index in [4.69, 9.17) is 0 Å². The summed E-state index contributed by atoms with van der Waals surface area (Å²) in [6, 6.07) is 0. The fourth-order valence-corrected chi connectivity index (χ4v) is 4.14. The van der Waals surface area contributed by atoms with Crippen LogP contribution in [0.15, 0.2) is 0 Å². The molecule has 0 bridgehead atoms. The van der Waals surface area contributed by atoms with Crippen molar-refractivity contribution in [3.8, 4) is 0 Å². The molecule has 118 valence electrons.